The lowest BCUT2D eigenvalue weighted by molar-refractivity contribution is -0.119. The van der Waals surface area contributed by atoms with Crippen LogP contribution in [0.15, 0.2) is 23.3 Å². The number of nitrogens with one attached hydrogen (secondary N) is 1. The Morgan fingerprint density at radius 2 is 2.14 bits per heavy atom. The predicted octanol–water partition coefficient (Wildman–Crippen LogP) is 2.57. The van der Waals surface area contributed by atoms with E-state index in [1.807, 2.05) is 0 Å². The average molecular weight is 193 g/mol. The van der Waals surface area contributed by atoms with Crippen LogP contribution < -0.4 is 5.32 Å². The van der Waals surface area contributed by atoms with Gasteiger partial charge >= 0.3 is 0 Å². The third kappa shape index (κ3) is 2.72. The molecule has 2 nitrogen and oxygen atoms in total. The molecule has 2 heteroatoms. The standard InChI is InChI=1S/C12H19NO/c1-4-6-11-8-12(13-9(3)14)7-10(11)5-2/h5-6,12H,4,7-8H2,1-3H3,(H,13,14)/b10-5-,11-6-. The van der Waals surface area contributed by atoms with Gasteiger partial charge in [0.05, 0.1) is 0 Å². The van der Waals surface area contributed by atoms with Crippen LogP contribution in [0.1, 0.15) is 40.0 Å². The summed E-state index contributed by atoms with van der Waals surface area (Å²) < 4.78 is 0. The number of carbonyl (C=O) groups excluding carboxylic acids is 1. The lowest BCUT2D eigenvalue weighted by Crippen LogP contribution is -2.30. The molecule has 1 aliphatic rings. The average Bonchev–Trinajstić information content (AvgIpc) is 2.47. The van der Waals surface area contributed by atoms with Crippen LogP contribution in [-0.4, -0.2) is 11.9 Å². The van der Waals surface area contributed by atoms with E-state index in [0.29, 0.717) is 6.04 Å². The fraction of sp³-hybridized carbons (Fsp3) is 0.583. The highest BCUT2D eigenvalue weighted by Gasteiger charge is 2.23. The Bertz CT molecular complexity index is 276. The second-order valence-electron chi connectivity index (χ2n) is 3.76. The topological polar surface area (TPSA) is 29.1 Å². The Morgan fingerprint density at radius 3 is 2.64 bits per heavy atom. The molecule has 0 spiro atoms. The molecule has 1 aliphatic carbocycles. The lowest BCUT2D eigenvalue weighted by Gasteiger charge is -2.07. The summed E-state index contributed by atoms with van der Waals surface area (Å²) in [6.07, 6.45) is 7.47. The minimum absolute atomic E-state index is 0.0724. The molecule has 0 heterocycles. The van der Waals surface area contributed by atoms with Gasteiger partial charge in [0.25, 0.3) is 0 Å². The Kier molecular flexibility index (Phi) is 3.93. The SMILES string of the molecule is C/C=C1/CC(NC(C)=O)C/C1=C/CC. The van der Waals surface area contributed by atoms with Crippen molar-refractivity contribution >= 4 is 5.91 Å². The zero-order valence-electron chi connectivity index (χ0n) is 9.26. The molecule has 1 amide bonds. The normalized spacial score (nSPS) is 27.2. The highest BCUT2D eigenvalue weighted by atomic mass is 16.1. The van der Waals surface area contributed by atoms with Crippen LogP contribution in [0.5, 0.6) is 0 Å². The number of rotatable bonds is 2. The van der Waals surface area contributed by atoms with Gasteiger partial charge < -0.3 is 5.32 Å². The van der Waals surface area contributed by atoms with E-state index < -0.39 is 0 Å². The fourth-order valence-corrected chi connectivity index (χ4v) is 2.02. The van der Waals surface area contributed by atoms with Gasteiger partial charge in [0.1, 0.15) is 0 Å². The summed E-state index contributed by atoms with van der Waals surface area (Å²) in [5.74, 6) is 0.0724. The van der Waals surface area contributed by atoms with Crippen molar-refractivity contribution in [3.63, 3.8) is 0 Å². The van der Waals surface area contributed by atoms with Crippen molar-refractivity contribution in [2.24, 2.45) is 0 Å². The van der Waals surface area contributed by atoms with E-state index in [1.54, 1.807) is 6.92 Å². The summed E-state index contributed by atoms with van der Waals surface area (Å²) in [5, 5.41) is 2.97. The zero-order valence-corrected chi connectivity index (χ0v) is 9.26. The van der Waals surface area contributed by atoms with E-state index in [2.05, 4.69) is 31.3 Å². The van der Waals surface area contributed by atoms with Gasteiger partial charge in [-0.15, -0.1) is 0 Å². The molecule has 0 aromatic rings. The maximum atomic E-state index is 10.9. The molecule has 14 heavy (non-hydrogen) atoms. The molecule has 78 valence electrons. The Labute approximate surface area is 86.1 Å². The van der Waals surface area contributed by atoms with Crippen molar-refractivity contribution in [1.82, 2.24) is 5.32 Å². The molecule has 1 N–H and O–H groups in total. The minimum Gasteiger partial charge on any atom is -0.353 e. The van der Waals surface area contributed by atoms with Crippen LogP contribution in [0.25, 0.3) is 0 Å². The number of hydrogen-bond donors (Lipinski definition) is 1. The number of hydrogen-bond acceptors (Lipinski definition) is 1. The van der Waals surface area contributed by atoms with Crippen molar-refractivity contribution < 1.29 is 4.79 Å². The Balaban J connectivity index is 2.66. The zero-order chi connectivity index (χ0) is 10.6. The van der Waals surface area contributed by atoms with E-state index in [9.17, 15) is 4.79 Å². The van der Waals surface area contributed by atoms with E-state index in [-0.39, 0.29) is 5.91 Å². The van der Waals surface area contributed by atoms with Crippen LogP contribution in [0.3, 0.4) is 0 Å². The second-order valence-corrected chi connectivity index (χ2v) is 3.76. The molecular formula is C12H19NO. The quantitative estimate of drug-likeness (QED) is 0.717. The van der Waals surface area contributed by atoms with Crippen LogP contribution in [0.4, 0.5) is 0 Å². The summed E-state index contributed by atoms with van der Waals surface area (Å²) >= 11 is 0. The van der Waals surface area contributed by atoms with Gasteiger partial charge in [0.15, 0.2) is 0 Å². The summed E-state index contributed by atoms with van der Waals surface area (Å²) in [4.78, 5) is 10.9. The number of amides is 1. The first-order chi connectivity index (χ1) is 6.67. The molecule has 1 rings (SSSR count). The summed E-state index contributed by atoms with van der Waals surface area (Å²) in [6.45, 7) is 5.79. The molecule has 1 unspecified atom stereocenters. The summed E-state index contributed by atoms with van der Waals surface area (Å²) in [7, 11) is 0. The first-order valence-electron chi connectivity index (χ1n) is 5.29. The first-order valence-corrected chi connectivity index (χ1v) is 5.29. The smallest absolute Gasteiger partial charge is 0.217 e. The van der Waals surface area contributed by atoms with Gasteiger partial charge in [0, 0.05) is 13.0 Å². The highest BCUT2D eigenvalue weighted by Crippen LogP contribution is 2.30. The maximum Gasteiger partial charge on any atom is 0.217 e. The second kappa shape index (κ2) is 4.99. The summed E-state index contributed by atoms with van der Waals surface area (Å²) in [6, 6.07) is 0.316. The van der Waals surface area contributed by atoms with Gasteiger partial charge in [-0.2, -0.15) is 0 Å². The Morgan fingerprint density at radius 1 is 1.50 bits per heavy atom. The monoisotopic (exact) mass is 193 g/mol. The molecule has 0 aliphatic heterocycles. The van der Waals surface area contributed by atoms with Crippen LogP contribution in [-0.2, 0) is 4.79 Å². The van der Waals surface area contributed by atoms with Crippen molar-refractivity contribution in [2.75, 3.05) is 0 Å². The molecule has 0 aromatic heterocycles. The first kappa shape index (κ1) is 11.0. The van der Waals surface area contributed by atoms with Crippen LogP contribution in [0, 0.1) is 0 Å². The van der Waals surface area contributed by atoms with E-state index >= 15 is 0 Å². The molecule has 1 fully saturated rings. The van der Waals surface area contributed by atoms with E-state index in [4.69, 9.17) is 0 Å². The Hall–Kier alpha value is -1.05. The molecule has 1 atom stereocenters. The molecule has 0 radical (unpaired) electrons. The van der Waals surface area contributed by atoms with E-state index in [1.165, 1.54) is 11.1 Å². The van der Waals surface area contributed by atoms with Crippen molar-refractivity contribution in [3.8, 4) is 0 Å². The summed E-state index contributed by atoms with van der Waals surface area (Å²) in [5.41, 5.74) is 2.80. The van der Waals surface area contributed by atoms with Gasteiger partial charge in [-0.25, -0.2) is 0 Å². The third-order valence-electron chi connectivity index (χ3n) is 2.55. The highest BCUT2D eigenvalue weighted by molar-refractivity contribution is 5.73. The number of carbonyl (C=O) groups is 1. The fourth-order valence-electron chi connectivity index (χ4n) is 2.02. The molecule has 0 saturated heterocycles. The van der Waals surface area contributed by atoms with Crippen molar-refractivity contribution in [3.05, 3.63) is 23.3 Å². The third-order valence-corrected chi connectivity index (χ3v) is 2.55. The van der Waals surface area contributed by atoms with Gasteiger partial charge in [-0.3, -0.25) is 4.79 Å². The van der Waals surface area contributed by atoms with Gasteiger partial charge in [-0.1, -0.05) is 19.1 Å². The van der Waals surface area contributed by atoms with Gasteiger partial charge in [-0.05, 0) is 37.3 Å². The maximum absolute atomic E-state index is 10.9. The number of allylic oxidation sites excluding steroid dienone is 2. The predicted molar refractivity (Wildman–Crippen MR) is 59.0 cm³/mol. The van der Waals surface area contributed by atoms with Gasteiger partial charge in [0.2, 0.25) is 5.91 Å². The minimum atomic E-state index is 0.0724. The van der Waals surface area contributed by atoms with Crippen LogP contribution >= 0.6 is 0 Å². The largest absolute Gasteiger partial charge is 0.353 e. The molecule has 0 aromatic carbocycles. The molecule has 1 saturated carbocycles. The van der Waals surface area contributed by atoms with Crippen molar-refractivity contribution in [1.29, 1.82) is 0 Å². The lowest BCUT2D eigenvalue weighted by atomic mass is 10.1. The molecular weight excluding hydrogens is 174 g/mol. The van der Waals surface area contributed by atoms with Crippen molar-refractivity contribution in [2.45, 2.75) is 46.1 Å². The molecule has 0 bridgehead atoms. The van der Waals surface area contributed by atoms with E-state index in [0.717, 1.165) is 19.3 Å². The van der Waals surface area contributed by atoms with Crippen LogP contribution in [0.2, 0.25) is 0 Å².